The fourth-order valence-electron chi connectivity index (χ4n) is 4.44. The fourth-order valence-corrected chi connectivity index (χ4v) is 4.66. The molecule has 3 heterocycles. The van der Waals surface area contributed by atoms with Gasteiger partial charge >= 0.3 is 12.1 Å². The van der Waals surface area contributed by atoms with Crippen LogP contribution in [0.2, 0.25) is 5.02 Å². The minimum atomic E-state index is -5.08. The quantitative estimate of drug-likeness (QED) is 0.499. The van der Waals surface area contributed by atoms with E-state index in [9.17, 15) is 18.0 Å². The Labute approximate surface area is 216 Å². The number of halogens is 4. The summed E-state index contributed by atoms with van der Waals surface area (Å²) in [6, 6.07) is 1.80. The van der Waals surface area contributed by atoms with Crippen LogP contribution in [0.4, 0.5) is 18.9 Å². The van der Waals surface area contributed by atoms with Crippen LogP contribution in [0, 0.1) is 13.8 Å². The summed E-state index contributed by atoms with van der Waals surface area (Å²) < 4.78 is 39.6. The Hall–Kier alpha value is -3.54. The average molecular weight is 542 g/mol. The minimum Gasteiger partial charge on any atom is -0.496 e. The number of methoxy groups -OCH3 is 1. The molecule has 1 amide bonds. The van der Waals surface area contributed by atoms with Gasteiger partial charge in [0.15, 0.2) is 0 Å². The summed E-state index contributed by atoms with van der Waals surface area (Å²) in [5.74, 6) is -1.67. The Morgan fingerprint density at radius 1 is 1.27 bits per heavy atom. The third-order valence-corrected chi connectivity index (χ3v) is 6.76. The van der Waals surface area contributed by atoms with E-state index in [2.05, 4.69) is 11.9 Å². The largest absolute Gasteiger partial charge is 0.496 e. The third-order valence-electron chi connectivity index (χ3n) is 6.37. The van der Waals surface area contributed by atoms with Gasteiger partial charge in [-0.15, -0.1) is 0 Å². The van der Waals surface area contributed by atoms with Crippen molar-refractivity contribution >= 4 is 40.1 Å². The van der Waals surface area contributed by atoms with Gasteiger partial charge in [0.05, 0.1) is 42.4 Å². The monoisotopic (exact) mass is 541 g/mol. The van der Waals surface area contributed by atoms with Gasteiger partial charge in [0.1, 0.15) is 5.75 Å². The molecule has 1 saturated heterocycles. The molecule has 13 heteroatoms. The number of ether oxygens (including phenoxy) is 1. The van der Waals surface area contributed by atoms with Crippen molar-refractivity contribution in [2.75, 3.05) is 25.9 Å². The van der Waals surface area contributed by atoms with Crippen molar-refractivity contribution in [2.45, 2.75) is 45.8 Å². The molecule has 0 aliphatic carbocycles. The van der Waals surface area contributed by atoms with Gasteiger partial charge in [0.25, 0.3) is 0 Å². The number of hydrogen-bond acceptors (Lipinski definition) is 6. The number of amides is 1. The Morgan fingerprint density at radius 3 is 2.38 bits per heavy atom. The Morgan fingerprint density at radius 2 is 1.86 bits per heavy atom. The van der Waals surface area contributed by atoms with Crippen molar-refractivity contribution in [1.82, 2.24) is 19.7 Å². The van der Waals surface area contributed by atoms with Crippen LogP contribution in [0.3, 0.4) is 0 Å². The maximum atomic E-state index is 11.7. The topological polar surface area (TPSA) is 124 Å². The molecule has 0 spiro atoms. The number of fused-ring (bicyclic) bond motifs is 1. The molecule has 1 unspecified atom stereocenters. The predicted molar refractivity (Wildman–Crippen MR) is 132 cm³/mol. The van der Waals surface area contributed by atoms with Crippen molar-refractivity contribution < 1.29 is 32.6 Å². The normalized spacial score (nSPS) is 14.6. The molecule has 2 aromatic heterocycles. The van der Waals surface area contributed by atoms with Gasteiger partial charge in [-0.2, -0.15) is 18.3 Å². The third kappa shape index (κ3) is 5.43. The number of nitrogen functional groups attached to an aromatic ring is 1. The number of carboxylic acids is 1. The average Bonchev–Trinajstić information content (AvgIpc) is 3.12. The summed E-state index contributed by atoms with van der Waals surface area (Å²) in [7, 11) is 1.68. The van der Waals surface area contributed by atoms with Gasteiger partial charge in [-0.25, -0.2) is 4.79 Å². The summed E-state index contributed by atoms with van der Waals surface area (Å²) in [4.78, 5) is 26.6. The number of benzene rings is 1. The van der Waals surface area contributed by atoms with Gasteiger partial charge in [-0.3, -0.25) is 14.5 Å². The van der Waals surface area contributed by atoms with Gasteiger partial charge in [-0.1, -0.05) is 11.6 Å². The maximum Gasteiger partial charge on any atom is 0.490 e. The molecule has 1 aliphatic rings. The fraction of sp³-hybridized carbons (Fsp3) is 0.417. The first-order chi connectivity index (χ1) is 17.2. The van der Waals surface area contributed by atoms with Crippen LogP contribution in [-0.4, -0.2) is 63.0 Å². The number of aryl methyl sites for hydroxylation is 1. The van der Waals surface area contributed by atoms with Crippen molar-refractivity contribution in [3.8, 4) is 5.75 Å². The van der Waals surface area contributed by atoms with E-state index in [0.29, 0.717) is 23.8 Å². The van der Waals surface area contributed by atoms with Gasteiger partial charge in [0.2, 0.25) is 5.91 Å². The van der Waals surface area contributed by atoms with Crippen LogP contribution in [0.15, 0.2) is 18.5 Å². The molecule has 1 fully saturated rings. The molecule has 9 nitrogen and oxygen atoms in total. The number of pyridine rings is 1. The van der Waals surface area contributed by atoms with Crippen LogP contribution in [0.5, 0.6) is 5.75 Å². The summed E-state index contributed by atoms with van der Waals surface area (Å²) in [6.07, 6.45) is -1.66. The Bertz CT molecular complexity index is 1350. The molecule has 1 aromatic carbocycles. The van der Waals surface area contributed by atoms with E-state index in [4.69, 9.17) is 37.1 Å². The molecule has 200 valence electrons. The molecule has 3 aromatic rings. The van der Waals surface area contributed by atoms with Crippen LogP contribution < -0.4 is 10.5 Å². The SMILES string of the molecule is COc1c(C(C)n2nc(C)c3c(N)cncc32)cc(Cl)c(C)c1C1CN(C(C)=O)C1.O=C(O)C(F)(F)F. The number of carbonyl (C=O) groups is 2. The molecule has 0 bridgehead atoms. The molecular weight excluding hydrogens is 515 g/mol. The van der Waals surface area contributed by atoms with Crippen molar-refractivity contribution in [2.24, 2.45) is 0 Å². The number of carbonyl (C=O) groups excluding carboxylic acids is 1. The molecule has 37 heavy (non-hydrogen) atoms. The highest BCUT2D eigenvalue weighted by atomic mass is 35.5. The molecule has 1 atom stereocenters. The lowest BCUT2D eigenvalue weighted by molar-refractivity contribution is -0.192. The van der Waals surface area contributed by atoms with Crippen LogP contribution in [-0.2, 0) is 9.59 Å². The predicted octanol–water partition coefficient (Wildman–Crippen LogP) is 4.48. The van der Waals surface area contributed by atoms with E-state index in [1.54, 1.807) is 26.4 Å². The van der Waals surface area contributed by atoms with Gasteiger partial charge in [0, 0.05) is 47.5 Å². The summed E-state index contributed by atoms with van der Waals surface area (Å²) in [5.41, 5.74) is 11.5. The van der Waals surface area contributed by atoms with Gasteiger partial charge in [-0.05, 0) is 32.4 Å². The lowest BCUT2D eigenvalue weighted by Gasteiger charge is -2.40. The van der Waals surface area contributed by atoms with Crippen molar-refractivity contribution in [1.29, 1.82) is 0 Å². The van der Waals surface area contributed by atoms with Gasteiger partial charge < -0.3 is 20.5 Å². The molecular formula is C24H27ClF3N5O4. The number of aromatic nitrogens is 3. The maximum absolute atomic E-state index is 11.7. The standard InChI is InChI=1S/C22H26ClN5O2.C2HF3O2/c1-11-17(23)6-16(22(30-5)20(11)15-9-27(10-15)14(4)29)13(3)28-19-8-25-7-18(24)21(19)12(2)26-28;3-2(4,5)1(6)7/h6-8,13,15H,9-10,24H2,1-5H3;(H,6,7). The number of rotatable bonds is 4. The van der Waals surface area contributed by atoms with E-state index in [-0.39, 0.29) is 17.9 Å². The lowest BCUT2D eigenvalue weighted by atomic mass is 9.85. The number of aliphatic carboxylic acids is 1. The second-order valence-electron chi connectivity index (χ2n) is 8.77. The molecule has 0 saturated carbocycles. The smallest absolute Gasteiger partial charge is 0.490 e. The zero-order chi connectivity index (χ0) is 27.8. The van der Waals surface area contributed by atoms with E-state index in [1.807, 2.05) is 29.5 Å². The molecule has 3 N–H and O–H groups in total. The number of hydrogen-bond donors (Lipinski definition) is 2. The number of alkyl halides is 3. The van der Waals surface area contributed by atoms with Crippen LogP contribution in [0.25, 0.3) is 10.9 Å². The zero-order valence-corrected chi connectivity index (χ0v) is 21.6. The van der Waals surface area contributed by atoms with Crippen LogP contribution in [0.1, 0.15) is 48.2 Å². The summed E-state index contributed by atoms with van der Waals surface area (Å²) in [6.45, 7) is 8.94. The molecule has 4 rings (SSSR count). The minimum absolute atomic E-state index is 0.0852. The second kappa shape index (κ2) is 10.4. The van der Waals surface area contributed by atoms with Crippen LogP contribution >= 0.6 is 11.6 Å². The lowest BCUT2D eigenvalue weighted by Crippen LogP contribution is -2.47. The number of carboxylic acid groups (broad SMARTS) is 1. The number of anilines is 1. The highest BCUT2D eigenvalue weighted by Crippen LogP contribution is 2.44. The number of nitrogens with two attached hydrogens (primary N) is 1. The first-order valence-electron chi connectivity index (χ1n) is 11.2. The van der Waals surface area contributed by atoms with E-state index in [0.717, 1.165) is 39.0 Å². The molecule has 0 radical (unpaired) electrons. The molecule has 1 aliphatic heterocycles. The first kappa shape index (κ1) is 28.0. The highest BCUT2D eigenvalue weighted by Gasteiger charge is 2.38. The number of nitrogens with zero attached hydrogens (tertiary/aromatic N) is 4. The van der Waals surface area contributed by atoms with Crippen molar-refractivity contribution in [3.05, 3.63) is 45.9 Å². The first-order valence-corrected chi connectivity index (χ1v) is 11.6. The Balaban J connectivity index is 0.000000479. The van der Waals surface area contributed by atoms with E-state index in [1.165, 1.54) is 0 Å². The Kier molecular flexibility index (Phi) is 7.91. The summed E-state index contributed by atoms with van der Waals surface area (Å²) >= 11 is 6.65. The highest BCUT2D eigenvalue weighted by molar-refractivity contribution is 6.31. The zero-order valence-electron chi connectivity index (χ0n) is 20.9. The van der Waals surface area contributed by atoms with Crippen molar-refractivity contribution in [3.63, 3.8) is 0 Å². The van der Waals surface area contributed by atoms with E-state index < -0.39 is 12.1 Å². The summed E-state index contributed by atoms with van der Waals surface area (Å²) in [5, 5.41) is 13.5. The number of likely N-dealkylation sites (tertiary alicyclic amines) is 1. The van der Waals surface area contributed by atoms with E-state index >= 15 is 0 Å². The second-order valence-corrected chi connectivity index (χ2v) is 9.18.